The fourth-order valence-electron chi connectivity index (χ4n) is 7.12. The van der Waals surface area contributed by atoms with Gasteiger partial charge in [0, 0.05) is 42.8 Å². The highest BCUT2D eigenvalue weighted by molar-refractivity contribution is 5.90. The smallest absolute Gasteiger partial charge is 0.0715 e. The third-order valence-corrected chi connectivity index (χ3v) is 9.34. The summed E-state index contributed by atoms with van der Waals surface area (Å²) in [5, 5.41) is 0. The van der Waals surface area contributed by atoms with Crippen molar-refractivity contribution in [2.24, 2.45) is 0 Å². The zero-order chi connectivity index (χ0) is 42.1. The summed E-state index contributed by atoms with van der Waals surface area (Å²) < 4.78 is 0. The number of hydrogen-bond acceptors (Lipinski definition) is 2. The van der Waals surface area contributed by atoms with Crippen LogP contribution in [0.2, 0.25) is 0 Å². The molecule has 0 N–H and O–H groups in total. The third kappa shape index (κ3) is 10.4. The van der Waals surface area contributed by atoms with E-state index in [0.29, 0.717) is 0 Å². The Bertz CT molecular complexity index is 1860. The molecule has 6 aromatic carbocycles. The van der Waals surface area contributed by atoms with Gasteiger partial charge in [-0.15, -0.1) is 0 Å². The Balaban J connectivity index is 0.00000120. The van der Waals surface area contributed by atoms with Crippen LogP contribution in [0, 0.1) is 0 Å². The predicted octanol–water partition coefficient (Wildman–Crippen LogP) is 16.5. The van der Waals surface area contributed by atoms with Crippen LogP contribution in [0.1, 0.15) is 119 Å². The average molecular weight is 751 g/mol. The van der Waals surface area contributed by atoms with Gasteiger partial charge in [-0.25, -0.2) is 0 Å². The minimum atomic E-state index is -0.452. The van der Waals surface area contributed by atoms with Gasteiger partial charge in [0.1, 0.15) is 0 Å². The minimum Gasteiger partial charge on any atom is -0.375 e. The molecule has 56 heavy (non-hydrogen) atoms. The standard InChI is InChI=1S/C42H38N2.6C2H6/c1-4-43(3)34-25-27-37-38-28-26-35(44(5-2)41-24-16-15-23-36(41)31-17-9-6-10-18-31)30-40(38)42(39(37)29-34,32-19-11-7-12-20-32)33-21-13-8-14-22-33;6*1-2/h6-30H,4-5H2,1-3H3;6*1-2H3. The van der Waals surface area contributed by atoms with Gasteiger partial charge in [0.15, 0.2) is 0 Å². The van der Waals surface area contributed by atoms with E-state index in [4.69, 9.17) is 0 Å². The zero-order valence-electron chi connectivity index (χ0n) is 37.7. The molecule has 1 aliphatic rings. The normalized spacial score (nSPS) is 10.7. The zero-order valence-corrected chi connectivity index (χ0v) is 37.7. The number of anilines is 3. The molecule has 6 aromatic rings. The first-order valence-electron chi connectivity index (χ1n) is 21.7. The molecule has 0 bridgehead atoms. The fourth-order valence-corrected chi connectivity index (χ4v) is 7.12. The lowest BCUT2D eigenvalue weighted by Crippen LogP contribution is -2.29. The van der Waals surface area contributed by atoms with Crippen LogP contribution < -0.4 is 9.80 Å². The van der Waals surface area contributed by atoms with Crippen LogP contribution in [-0.4, -0.2) is 20.1 Å². The van der Waals surface area contributed by atoms with Crippen LogP contribution in [0.4, 0.5) is 17.1 Å². The van der Waals surface area contributed by atoms with Crippen LogP contribution in [0.3, 0.4) is 0 Å². The van der Waals surface area contributed by atoms with Crippen molar-refractivity contribution in [3.63, 3.8) is 0 Å². The van der Waals surface area contributed by atoms with E-state index in [2.05, 4.69) is 182 Å². The summed E-state index contributed by atoms with van der Waals surface area (Å²) in [6.07, 6.45) is 0. The highest BCUT2D eigenvalue weighted by Gasteiger charge is 2.46. The van der Waals surface area contributed by atoms with Crippen molar-refractivity contribution in [3.8, 4) is 22.3 Å². The first kappa shape index (κ1) is 48.9. The summed E-state index contributed by atoms with van der Waals surface area (Å²) >= 11 is 0. The Hall–Kier alpha value is -5.08. The van der Waals surface area contributed by atoms with E-state index >= 15 is 0 Å². The molecule has 0 amide bonds. The molecule has 0 aliphatic heterocycles. The van der Waals surface area contributed by atoms with Crippen LogP contribution in [0.15, 0.2) is 152 Å². The lowest BCUT2D eigenvalue weighted by molar-refractivity contribution is 0.767. The fraction of sp³-hybridized carbons (Fsp3) is 0.333. The van der Waals surface area contributed by atoms with Gasteiger partial charge in [0.2, 0.25) is 0 Å². The Labute approximate surface area is 344 Å². The van der Waals surface area contributed by atoms with Crippen molar-refractivity contribution in [2.45, 2.75) is 102 Å². The molecular weight excluding hydrogens is 677 g/mol. The van der Waals surface area contributed by atoms with Crippen molar-refractivity contribution in [1.82, 2.24) is 0 Å². The van der Waals surface area contributed by atoms with Gasteiger partial charge >= 0.3 is 0 Å². The molecule has 0 radical (unpaired) electrons. The van der Waals surface area contributed by atoms with E-state index in [-0.39, 0.29) is 0 Å². The molecule has 0 spiro atoms. The SMILES string of the molecule is CC.CC.CC.CC.CC.CC.CCN(C)c1ccc2c(c1)C(c1ccccc1)(c1ccccc1)c1cc(N(CC)c3ccccc3-c3ccccc3)ccc1-2. The van der Waals surface area contributed by atoms with E-state index in [1.165, 1.54) is 61.6 Å². The molecule has 1 aliphatic carbocycles. The maximum atomic E-state index is 2.46. The monoisotopic (exact) mass is 751 g/mol. The molecule has 0 heterocycles. The molecule has 300 valence electrons. The molecule has 7 rings (SSSR count). The van der Waals surface area contributed by atoms with Gasteiger partial charge in [-0.05, 0) is 83.1 Å². The highest BCUT2D eigenvalue weighted by Crippen LogP contribution is 2.57. The summed E-state index contributed by atoms with van der Waals surface area (Å²) in [4.78, 5) is 4.79. The summed E-state index contributed by atoms with van der Waals surface area (Å²) in [5.41, 5.74) is 13.5. The molecular formula is C54H74N2. The number of nitrogens with zero attached hydrogens (tertiary/aromatic N) is 2. The largest absolute Gasteiger partial charge is 0.375 e. The van der Waals surface area contributed by atoms with E-state index in [0.717, 1.165) is 13.1 Å². The average Bonchev–Trinajstić information content (AvgIpc) is 3.61. The highest BCUT2D eigenvalue weighted by atomic mass is 15.1. The molecule has 0 unspecified atom stereocenters. The lowest BCUT2D eigenvalue weighted by atomic mass is 9.67. The molecule has 0 atom stereocenters. The lowest BCUT2D eigenvalue weighted by Gasteiger charge is -2.35. The van der Waals surface area contributed by atoms with Crippen molar-refractivity contribution in [1.29, 1.82) is 0 Å². The van der Waals surface area contributed by atoms with Gasteiger partial charge in [0.25, 0.3) is 0 Å². The molecule has 2 heteroatoms. The first-order chi connectivity index (χ1) is 27.7. The van der Waals surface area contributed by atoms with Crippen LogP contribution in [-0.2, 0) is 5.41 Å². The summed E-state index contributed by atoms with van der Waals surface area (Å²) in [6.45, 7) is 30.3. The Morgan fingerprint density at radius 1 is 0.393 bits per heavy atom. The Morgan fingerprint density at radius 3 is 1.23 bits per heavy atom. The Kier molecular flexibility index (Phi) is 23.3. The molecule has 0 saturated carbocycles. The van der Waals surface area contributed by atoms with Crippen molar-refractivity contribution in [2.75, 3.05) is 29.9 Å². The van der Waals surface area contributed by atoms with Gasteiger partial charge in [-0.1, -0.05) is 204 Å². The number of benzene rings is 6. The number of hydrogen-bond donors (Lipinski definition) is 0. The molecule has 0 aromatic heterocycles. The van der Waals surface area contributed by atoms with Gasteiger partial charge in [0.05, 0.1) is 5.41 Å². The van der Waals surface area contributed by atoms with Crippen molar-refractivity contribution < 1.29 is 0 Å². The van der Waals surface area contributed by atoms with E-state index < -0.39 is 5.41 Å². The second-order valence-corrected chi connectivity index (χ2v) is 11.6. The van der Waals surface area contributed by atoms with Crippen LogP contribution in [0.25, 0.3) is 22.3 Å². The van der Waals surface area contributed by atoms with Gasteiger partial charge in [-0.2, -0.15) is 0 Å². The van der Waals surface area contributed by atoms with Gasteiger partial charge < -0.3 is 9.80 Å². The van der Waals surface area contributed by atoms with Crippen molar-refractivity contribution >= 4 is 17.1 Å². The summed E-state index contributed by atoms with van der Waals surface area (Å²) in [5.74, 6) is 0. The predicted molar refractivity (Wildman–Crippen MR) is 255 cm³/mol. The summed E-state index contributed by atoms with van der Waals surface area (Å²) in [6, 6.07) is 55.8. The second-order valence-electron chi connectivity index (χ2n) is 11.6. The third-order valence-electron chi connectivity index (χ3n) is 9.34. The topological polar surface area (TPSA) is 6.48 Å². The number of rotatable bonds is 8. The van der Waals surface area contributed by atoms with Crippen molar-refractivity contribution in [3.05, 3.63) is 174 Å². The summed E-state index contributed by atoms with van der Waals surface area (Å²) in [7, 11) is 2.18. The maximum absolute atomic E-state index is 2.46. The quantitative estimate of drug-likeness (QED) is 0.153. The van der Waals surface area contributed by atoms with E-state index in [1.54, 1.807) is 0 Å². The molecule has 2 nitrogen and oxygen atoms in total. The number of fused-ring (bicyclic) bond motifs is 3. The van der Waals surface area contributed by atoms with E-state index in [1.807, 2.05) is 83.1 Å². The number of para-hydroxylation sites is 1. The van der Waals surface area contributed by atoms with Gasteiger partial charge in [-0.3, -0.25) is 0 Å². The molecule has 0 saturated heterocycles. The Morgan fingerprint density at radius 2 is 0.786 bits per heavy atom. The van der Waals surface area contributed by atoms with Crippen LogP contribution >= 0.6 is 0 Å². The minimum absolute atomic E-state index is 0.452. The first-order valence-corrected chi connectivity index (χ1v) is 21.7. The van der Waals surface area contributed by atoms with Crippen LogP contribution in [0.5, 0.6) is 0 Å². The maximum Gasteiger partial charge on any atom is 0.0715 e. The molecule has 0 fully saturated rings. The second kappa shape index (κ2) is 26.7. The van der Waals surface area contributed by atoms with E-state index in [9.17, 15) is 0 Å².